The highest BCUT2D eigenvalue weighted by atomic mass is 16.7. The van der Waals surface area contributed by atoms with Crippen molar-refractivity contribution in [3.05, 3.63) is 127 Å². The van der Waals surface area contributed by atoms with Gasteiger partial charge >= 0.3 is 7.32 Å². The molecule has 4 aromatic rings. The monoisotopic (exact) mass is 469 g/mol. The predicted octanol–water partition coefficient (Wildman–Crippen LogP) is 5.43. The van der Waals surface area contributed by atoms with Crippen LogP contribution in [0.1, 0.15) is 11.6 Å². The molecule has 35 heavy (non-hydrogen) atoms. The topological polar surface area (TPSA) is 47.9 Å². The molecule has 1 N–H and O–H groups in total. The van der Waals surface area contributed by atoms with Crippen molar-refractivity contribution >= 4 is 7.32 Å². The minimum absolute atomic E-state index is 0.00632. The Labute approximate surface area is 208 Å². The smallest absolute Gasteiger partial charge is 0.490 e. The fraction of sp³-hybridized carbons (Fsp3) is 0.172. The Kier molecular flexibility index (Phi) is 9.78. The minimum atomic E-state index is -0.993. The Morgan fingerprint density at radius 1 is 0.686 bits per heavy atom. The predicted molar refractivity (Wildman–Crippen MR) is 140 cm³/mol. The van der Waals surface area contributed by atoms with E-state index in [2.05, 4.69) is 6.07 Å². The molecular weight excluding hydrogens is 437 g/mol. The summed E-state index contributed by atoms with van der Waals surface area (Å²) in [6.45, 7) is -0.00632. The fourth-order valence-corrected chi connectivity index (χ4v) is 3.36. The molecule has 180 valence electrons. The van der Waals surface area contributed by atoms with Crippen molar-refractivity contribution in [3.8, 4) is 17.2 Å². The van der Waals surface area contributed by atoms with Gasteiger partial charge < -0.3 is 23.6 Å². The van der Waals surface area contributed by atoms with Crippen molar-refractivity contribution in [2.24, 2.45) is 0 Å². The largest absolute Gasteiger partial charge is 0.864 e. The second kappa shape index (κ2) is 13.2. The first-order chi connectivity index (χ1) is 17.0. The first-order valence-corrected chi connectivity index (χ1v) is 11.5. The van der Waals surface area contributed by atoms with Crippen molar-refractivity contribution in [2.75, 3.05) is 27.7 Å². The van der Waals surface area contributed by atoms with E-state index in [1.165, 1.54) is 0 Å². The second-order valence-corrected chi connectivity index (χ2v) is 8.70. The van der Waals surface area contributed by atoms with E-state index >= 15 is 0 Å². The third-order valence-corrected chi connectivity index (χ3v) is 5.17. The first-order valence-electron chi connectivity index (χ1n) is 11.5. The molecule has 0 radical (unpaired) electrons. The number of benzene rings is 4. The van der Waals surface area contributed by atoms with Crippen LogP contribution in [0.15, 0.2) is 115 Å². The van der Waals surface area contributed by atoms with Crippen LogP contribution in [-0.4, -0.2) is 44.7 Å². The van der Waals surface area contributed by atoms with E-state index in [4.69, 9.17) is 14.0 Å². The molecule has 5 nitrogen and oxygen atoms in total. The van der Waals surface area contributed by atoms with Gasteiger partial charge in [-0.05, 0) is 36.4 Å². The van der Waals surface area contributed by atoms with Gasteiger partial charge in [0.2, 0.25) is 0 Å². The normalized spacial score (nSPS) is 11.4. The average Bonchev–Trinajstić information content (AvgIpc) is 2.87. The van der Waals surface area contributed by atoms with Crippen LogP contribution in [0.5, 0.6) is 17.2 Å². The van der Waals surface area contributed by atoms with Crippen molar-refractivity contribution in [3.63, 3.8) is 0 Å². The summed E-state index contributed by atoms with van der Waals surface area (Å²) >= 11 is 0. The van der Waals surface area contributed by atoms with Gasteiger partial charge in [0, 0.05) is 0 Å². The molecule has 6 heteroatoms. The van der Waals surface area contributed by atoms with Crippen molar-refractivity contribution in [1.29, 1.82) is 0 Å². The summed E-state index contributed by atoms with van der Waals surface area (Å²) < 4.78 is 18.7. The minimum Gasteiger partial charge on any atom is -0.490 e. The number of hydrogen-bond acceptors (Lipinski definition) is 4. The molecule has 0 aliphatic heterocycles. The van der Waals surface area contributed by atoms with Gasteiger partial charge in [0.25, 0.3) is 0 Å². The number of aliphatic hydroxyl groups is 1. The molecule has 0 fully saturated rings. The number of para-hydroxylation sites is 3. The number of quaternary nitrogens is 1. The quantitative estimate of drug-likeness (QED) is 0.202. The van der Waals surface area contributed by atoms with Gasteiger partial charge in [0.1, 0.15) is 23.3 Å². The molecule has 0 aromatic heterocycles. The molecule has 0 bridgehead atoms. The summed E-state index contributed by atoms with van der Waals surface area (Å²) in [6.07, 6.45) is 0. The summed E-state index contributed by atoms with van der Waals surface area (Å²) in [6, 6.07) is 38.8. The molecule has 0 saturated carbocycles. The van der Waals surface area contributed by atoms with Crippen LogP contribution < -0.4 is 14.0 Å². The number of rotatable bonds is 9. The van der Waals surface area contributed by atoms with E-state index < -0.39 is 7.32 Å². The standard InChI is InChI=1S/C23H27BNO4.C6H5/c1-25(2,3)22(18-26)21-16-10-11-17-23(21)29-24(27-19-12-6-4-7-13-19)28-20-14-8-5-9-15-20;1-2-4-6-5-3-1/h4-17,22,26H,18H2,1-3H3;1-5H/q+1;-1/t22-;/m1./s1. The zero-order valence-corrected chi connectivity index (χ0v) is 20.5. The second-order valence-electron chi connectivity index (χ2n) is 8.70. The first kappa shape index (κ1) is 25.9. The summed E-state index contributed by atoms with van der Waals surface area (Å²) in [7, 11) is 5.12. The van der Waals surface area contributed by atoms with Crippen LogP contribution in [0.2, 0.25) is 0 Å². The molecular formula is C29H32BNO4. The van der Waals surface area contributed by atoms with Crippen molar-refractivity contribution in [2.45, 2.75) is 6.04 Å². The molecule has 0 unspecified atom stereocenters. The van der Waals surface area contributed by atoms with Gasteiger partial charge in [-0.2, -0.15) is 36.4 Å². The van der Waals surface area contributed by atoms with E-state index in [1.54, 1.807) is 0 Å². The SMILES string of the molecule is C[N+](C)(C)[C@H](CO)c1ccccc1OB(Oc1ccccc1)Oc1ccccc1.[c-]1ccccc1. The molecule has 0 heterocycles. The van der Waals surface area contributed by atoms with Crippen molar-refractivity contribution in [1.82, 2.24) is 0 Å². The number of nitrogens with zero attached hydrogens (tertiary/aromatic N) is 1. The maximum atomic E-state index is 10.0. The maximum absolute atomic E-state index is 10.0. The Bertz CT molecular complexity index is 1040. The highest BCUT2D eigenvalue weighted by molar-refractivity contribution is 6.39. The fourth-order valence-electron chi connectivity index (χ4n) is 3.36. The molecule has 0 saturated heterocycles. The van der Waals surface area contributed by atoms with Crippen LogP contribution >= 0.6 is 0 Å². The van der Waals surface area contributed by atoms with Gasteiger partial charge in [-0.25, -0.2) is 0 Å². The molecule has 0 spiro atoms. The zero-order chi connectivity index (χ0) is 24.9. The summed E-state index contributed by atoms with van der Waals surface area (Å²) in [5.74, 6) is 1.88. The Morgan fingerprint density at radius 3 is 1.60 bits per heavy atom. The van der Waals surface area contributed by atoms with E-state index in [1.807, 2.05) is 136 Å². The third-order valence-electron chi connectivity index (χ3n) is 5.17. The Morgan fingerprint density at radius 2 is 1.17 bits per heavy atom. The summed E-state index contributed by atoms with van der Waals surface area (Å²) in [5, 5.41) is 10.0. The Balaban J connectivity index is 0.000000497. The van der Waals surface area contributed by atoms with Crippen LogP contribution in [0.4, 0.5) is 0 Å². The average molecular weight is 469 g/mol. The van der Waals surface area contributed by atoms with Gasteiger partial charge in [0.05, 0.1) is 33.3 Å². The van der Waals surface area contributed by atoms with E-state index in [9.17, 15) is 5.11 Å². The van der Waals surface area contributed by atoms with Crippen molar-refractivity contribution < 1.29 is 23.6 Å². The molecule has 4 rings (SSSR count). The summed E-state index contributed by atoms with van der Waals surface area (Å²) in [4.78, 5) is 0. The lowest BCUT2D eigenvalue weighted by atomic mass is 10.0. The van der Waals surface area contributed by atoms with Gasteiger partial charge in [-0.1, -0.05) is 48.5 Å². The maximum Gasteiger partial charge on any atom is 0.864 e. The Hall–Kier alpha value is -3.74. The zero-order valence-electron chi connectivity index (χ0n) is 20.5. The highest BCUT2D eigenvalue weighted by Gasteiger charge is 2.34. The van der Waals surface area contributed by atoms with Gasteiger partial charge in [0.15, 0.2) is 0 Å². The van der Waals surface area contributed by atoms with Gasteiger partial charge in [-0.3, -0.25) is 0 Å². The van der Waals surface area contributed by atoms with Crippen LogP contribution in [-0.2, 0) is 0 Å². The third kappa shape index (κ3) is 8.52. The highest BCUT2D eigenvalue weighted by Crippen LogP contribution is 2.31. The molecule has 1 atom stereocenters. The van der Waals surface area contributed by atoms with Crippen LogP contribution in [0.25, 0.3) is 0 Å². The van der Waals surface area contributed by atoms with E-state index in [0.29, 0.717) is 21.7 Å². The lowest BCUT2D eigenvalue weighted by Crippen LogP contribution is -2.42. The summed E-state index contributed by atoms with van der Waals surface area (Å²) in [5.41, 5.74) is 0.890. The number of hydrogen-bond donors (Lipinski definition) is 1. The molecule has 0 amide bonds. The van der Waals surface area contributed by atoms with E-state index in [-0.39, 0.29) is 12.6 Å². The lowest BCUT2D eigenvalue weighted by Gasteiger charge is -2.34. The van der Waals surface area contributed by atoms with E-state index in [0.717, 1.165) is 5.56 Å². The number of likely N-dealkylation sites (N-methyl/N-ethyl adjacent to an activating group) is 1. The van der Waals surface area contributed by atoms with Crippen LogP contribution in [0.3, 0.4) is 0 Å². The molecule has 0 aliphatic carbocycles. The van der Waals surface area contributed by atoms with Crippen LogP contribution in [0, 0.1) is 6.07 Å². The van der Waals surface area contributed by atoms with Gasteiger partial charge in [-0.15, -0.1) is 0 Å². The molecule has 0 aliphatic rings. The number of aliphatic hydroxyl groups excluding tert-OH is 1. The lowest BCUT2D eigenvalue weighted by molar-refractivity contribution is -0.902. The molecule has 4 aromatic carbocycles.